The Labute approximate surface area is 99.8 Å². The highest BCUT2D eigenvalue weighted by Gasteiger charge is 2.18. The molecule has 2 heterocycles. The van der Waals surface area contributed by atoms with Crippen LogP contribution in [0.3, 0.4) is 0 Å². The Bertz CT molecular complexity index is 705. The number of aromatic nitrogens is 4. The first-order valence-corrected chi connectivity index (χ1v) is 5.11. The summed E-state index contributed by atoms with van der Waals surface area (Å²) in [5.74, 6) is -1.14. The molecule has 0 saturated carbocycles. The summed E-state index contributed by atoms with van der Waals surface area (Å²) in [6.45, 7) is 1.37. The Hall–Kier alpha value is -2.09. The maximum Gasteiger partial charge on any atom is 0.326 e. The molecule has 0 spiro atoms. The summed E-state index contributed by atoms with van der Waals surface area (Å²) in [7, 11) is 0. The molecule has 0 aliphatic carbocycles. The number of hydrogen-bond donors (Lipinski definition) is 2. The lowest BCUT2D eigenvalue weighted by atomic mass is 10.3. The Kier molecular flexibility index (Phi) is 2.72. The number of nitrogens with one attached hydrogen (secondary N) is 1. The number of fused-ring (bicyclic) bond motifs is 1. The smallest absolute Gasteiger partial charge is 0.326 e. The SMILES string of the molecule is CC(C(=O)O)n1c(=S)[nH]c2nccnc2c1=O. The monoisotopic (exact) mass is 252 g/mol. The Balaban J connectivity index is 2.86. The number of hydrogen-bond acceptors (Lipinski definition) is 5. The molecular formula is C9H8N4O3S. The zero-order valence-corrected chi connectivity index (χ0v) is 9.56. The molecule has 8 heteroatoms. The van der Waals surface area contributed by atoms with E-state index >= 15 is 0 Å². The van der Waals surface area contributed by atoms with E-state index < -0.39 is 17.6 Å². The third-order valence-corrected chi connectivity index (χ3v) is 2.61. The molecule has 0 amide bonds. The predicted octanol–water partition coefficient (Wildman–Crippen LogP) is 0.495. The summed E-state index contributed by atoms with van der Waals surface area (Å²) in [6.07, 6.45) is 2.77. The normalized spacial score (nSPS) is 12.5. The molecule has 1 atom stereocenters. The van der Waals surface area contributed by atoms with Crippen LogP contribution in [-0.2, 0) is 4.79 Å². The van der Waals surface area contributed by atoms with Gasteiger partial charge in [0.2, 0.25) is 0 Å². The van der Waals surface area contributed by atoms with Gasteiger partial charge in [0.15, 0.2) is 15.9 Å². The van der Waals surface area contributed by atoms with E-state index in [2.05, 4.69) is 15.0 Å². The lowest BCUT2D eigenvalue weighted by Crippen LogP contribution is -2.30. The Morgan fingerprint density at radius 3 is 2.82 bits per heavy atom. The summed E-state index contributed by atoms with van der Waals surface area (Å²) < 4.78 is 0.979. The maximum atomic E-state index is 12.0. The van der Waals surface area contributed by atoms with E-state index in [-0.39, 0.29) is 15.9 Å². The van der Waals surface area contributed by atoms with Crippen LogP contribution in [-0.4, -0.2) is 30.6 Å². The van der Waals surface area contributed by atoms with Gasteiger partial charge in [-0.2, -0.15) is 0 Å². The molecule has 2 rings (SSSR count). The van der Waals surface area contributed by atoms with Crippen molar-refractivity contribution < 1.29 is 9.90 Å². The van der Waals surface area contributed by atoms with Crippen molar-refractivity contribution >= 4 is 29.4 Å². The first-order valence-electron chi connectivity index (χ1n) is 4.70. The van der Waals surface area contributed by atoms with Gasteiger partial charge in [-0.25, -0.2) is 14.8 Å². The van der Waals surface area contributed by atoms with Crippen LogP contribution < -0.4 is 5.56 Å². The van der Waals surface area contributed by atoms with Crippen molar-refractivity contribution in [1.82, 2.24) is 19.5 Å². The van der Waals surface area contributed by atoms with Crippen LogP contribution in [0.5, 0.6) is 0 Å². The van der Waals surface area contributed by atoms with Crippen molar-refractivity contribution in [2.24, 2.45) is 0 Å². The van der Waals surface area contributed by atoms with Crippen LogP contribution in [0, 0.1) is 4.77 Å². The largest absolute Gasteiger partial charge is 0.480 e. The van der Waals surface area contributed by atoms with Crippen LogP contribution >= 0.6 is 12.2 Å². The minimum Gasteiger partial charge on any atom is -0.480 e. The van der Waals surface area contributed by atoms with E-state index in [9.17, 15) is 9.59 Å². The van der Waals surface area contributed by atoms with Crippen LogP contribution in [0.1, 0.15) is 13.0 Å². The molecule has 7 nitrogen and oxygen atoms in total. The van der Waals surface area contributed by atoms with Crippen molar-refractivity contribution in [2.75, 3.05) is 0 Å². The number of H-pyrrole nitrogens is 1. The first-order chi connectivity index (χ1) is 8.02. The molecule has 0 aromatic carbocycles. The predicted molar refractivity (Wildman–Crippen MR) is 61.3 cm³/mol. The molecule has 0 radical (unpaired) electrons. The highest BCUT2D eigenvalue weighted by Crippen LogP contribution is 2.06. The Morgan fingerprint density at radius 1 is 1.53 bits per heavy atom. The van der Waals surface area contributed by atoms with Crippen molar-refractivity contribution in [3.05, 3.63) is 27.5 Å². The molecule has 1 unspecified atom stereocenters. The summed E-state index contributed by atoms with van der Waals surface area (Å²) in [4.78, 5) is 33.3. The van der Waals surface area contributed by atoms with Crippen LogP contribution in [0.25, 0.3) is 11.2 Å². The van der Waals surface area contributed by atoms with Gasteiger partial charge in [0.05, 0.1) is 0 Å². The molecule has 2 N–H and O–H groups in total. The lowest BCUT2D eigenvalue weighted by Gasteiger charge is -2.10. The second-order valence-corrected chi connectivity index (χ2v) is 3.76. The molecule has 0 aliphatic rings. The molecule has 88 valence electrons. The highest BCUT2D eigenvalue weighted by atomic mass is 32.1. The number of aliphatic carboxylic acids is 1. The van der Waals surface area contributed by atoms with Gasteiger partial charge in [0.1, 0.15) is 6.04 Å². The van der Waals surface area contributed by atoms with E-state index in [0.717, 1.165) is 4.57 Å². The molecule has 2 aromatic rings. The summed E-state index contributed by atoms with van der Waals surface area (Å²) in [5.41, 5.74) is -0.253. The van der Waals surface area contributed by atoms with Gasteiger partial charge in [-0.15, -0.1) is 0 Å². The van der Waals surface area contributed by atoms with E-state index in [1.54, 1.807) is 0 Å². The van der Waals surface area contributed by atoms with Gasteiger partial charge in [-0.05, 0) is 19.1 Å². The highest BCUT2D eigenvalue weighted by molar-refractivity contribution is 7.71. The molecule has 0 saturated heterocycles. The number of carboxylic acid groups (broad SMARTS) is 1. The molecule has 0 fully saturated rings. The standard InChI is InChI=1S/C9H8N4O3S/c1-4(8(15)16)13-7(14)5-6(12-9(13)17)11-3-2-10-5/h2-4H,1H3,(H,15,16)(H,11,12,17). The average Bonchev–Trinajstić information content (AvgIpc) is 2.28. The third-order valence-electron chi connectivity index (χ3n) is 2.31. The van der Waals surface area contributed by atoms with Crippen molar-refractivity contribution in [1.29, 1.82) is 0 Å². The number of rotatable bonds is 2. The van der Waals surface area contributed by atoms with Gasteiger partial charge in [0, 0.05) is 12.4 Å². The lowest BCUT2D eigenvalue weighted by molar-refractivity contribution is -0.140. The van der Waals surface area contributed by atoms with E-state index in [4.69, 9.17) is 17.3 Å². The maximum absolute atomic E-state index is 12.0. The first kappa shape index (κ1) is 11.4. The van der Waals surface area contributed by atoms with Crippen LogP contribution in [0.4, 0.5) is 0 Å². The summed E-state index contributed by atoms with van der Waals surface area (Å²) in [5, 5.41) is 8.90. The van der Waals surface area contributed by atoms with Gasteiger partial charge >= 0.3 is 5.97 Å². The molecule has 2 aromatic heterocycles. The minimum absolute atomic E-state index is 0.0119. The van der Waals surface area contributed by atoms with Gasteiger partial charge in [0.25, 0.3) is 5.56 Å². The van der Waals surface area contributed by atoms with Gasteiger partial charge < -0.3 is 10.1 Å². The fourth-order valence-electron chi connectivity index (χ4n) is 1.42. The molecule has 17 heavy (non-hydrogen) atoms. The average molecular weight is 252 g/mol. The van der Waals surface area contributed by atoms with E-state index in [1.165, 1.54) is 19.3 Å². The number of nitrogens with zero attached hydrogens (tertiary/aromatic N) is 3. The van der Waals surface area contributed by atoms with Crippen LogP contribution in [0.2, 0.25) is 0 Å². The quantitative estimate of drug-likeness (QED) is 0.754. The van der Waals surface area contributed by atoms with Gasteiger partial charge in [-0.3, -0.25) is 9.36 Å². The number of carboxylic acids is 1. The Morgan fingerprint density at radius 2 is 2.18 bits per heavy atom. The van der Waals surface area contributed by atoms with E-state index in [1.807, 2.05) is 0 Å². The summed E-state index contributed by atoms with van der Waals surface area (Å²) >= 11 is 4.94. The van der Waals surface area contributed by atoms with Crippen LogP contribution in [0.15, 0.2) is 17.2 Å². The van der Waals surface area contributed by atoms with Crippen molar-refractivity contribution in [3.8, 4) is 0 Å². The molecule has 0 aliphatic heterocycles. The molecule has 0 bridgehead atoms. The fourth-order valence-corrected chi connectivity index (χ4v) is 1.75. The fraction of sp³-hybridized carbons (Fsp3) is 0.222. The second kappa shape index (κ2) is 4.06. The van der Waals surface area contributed by atoms with Gasteiger partial charge in [-0.1, -0.05) is 0 Å². The topological polar surface area (TPSA) is 101 Å². The number of carbonyl (C=O) groups is 1. The summed E-state index contributed by atoms with van der Waals surface area (Å²) in [6, 6.07) is -1.06. The zero-order valence-electron chi connectivity index (χ0n) is 8.75. The third kappa shape index (κ3) is 1.82. The molecular weight excluding hydrogens is 244 g/mol. The van der Waals surface area contributed by atoms with E-state index in [0.29, 0.717) is 0 Å². The minimum atomic E-state index is -1.14. The van der Waals surface area contributed by atoms with Crippen molar-refractivity contribution in [3.63, 3.8) is 0 Å². The van der Waals surface area contributed by atoms with Crippen molar-refractivity contribution in [2.45, 2.75) is 13.0 Å². The zero-order chi connectivity index (χ0) is 12.6. The number of aromatic amines is 1. The second-order valence-electron chi connectivity index (χ2n) is 3.37.